The van der Waals surface area contributed by atoms with E-state index in [4.69, 9.17) is 15.9 Å². The average molecular weight is 506 g/mol. The maximum atomic E-state index is 13.0. The van der Waals surface area contributed by atoms with E-state index in [1.165, 1.54) is 6.92 Å². The van der Waals surface area contributed by atoms with Gasteiger partial charge in [-0.25, -0.2) is 4.79 Å². The zero-order chi connectivity index (χ0) is 27.0. The number of aromatic amines is 1. The number of carboxylic acids is 1. The molecule has 9 N–H and O–H groups in total. The Bertz CT molecular complexity index is 1070. The summed E-state index contributed by atoms with van der Waals surface area (Å²) < 4.78 is 0. The Hall–Kier alpha value is -3.48. The molecule has 0 fully saturated rings. The molecule has 1 aromatic heterocycles. The summed E-state index contributed by atoms with van der Waals surface area (Å²) in [5.74, 6) is -3.80. The molecule has 3 amide bonds. The molecule has 5 atom stereocenters. The van der Waals surface area contributed by atoms with E-state index in [9.17, 15) is 24.3 Å². The topological polar surface area (TPSA) is 207 Å². The Morgan fingerprint density at radius 2 is 1.61 bits per heavy atom. The van der Waals surface area contributed by atoms with Gasteiger partial charge in [0, 0.05) is 17.1 Å². The molecule has 198 valence electrons. The summed E-state index contributed by atoms with van der Waals surface area (Å²) in [6, 6.07) is 2.44. The zero-order valence-electron chi connectivity index (χ0n) is 20.5. The lowest BCUT2D eigenvalue weighted by atomic mass is 10.0. The highest BCUT2D eigenvalue weighted by atomic mass is 16.4. The number of aliphatic carboxylic acids is 1. The minimum Gasteiger partial charge on any atom is -0.480 e. The van der Waals surface area contributed by atoms with E-state index < -0.39 is 60.6 Å². The number of H-pyrrole nitrogens is 1. The van der Waals surface area contributed by atoms with E-state index >= 15 is 0 Å². The van der Waals surface area contributed by atoms with Crippen LogP contribution in [0.15, 0.2) is 30.5 Å². The van der Waals surface area contributed by atoms with E-state index in [0.717, 1.165) is 16.5 Å². The Labute approximate surface area is 208 Å². The number of para-hydroxylation sites is 1. The maximum absolute atomic E-state index is 13.0. The number of carbonyl (C=O) groups is 4. The van der Waals surface area contributed by atoms with Crippen molar-refractivity contribution < 1.29 is 34.5 Å². The number of amides is 3. The Morgan fingerprint density at radius 1 is 0.972 bits per heavy atom. The van der Waals surface area contributed by atoms with Crippen LogP contribution < -0.4 is 21.7 Å². The first-order chi connectivity index (χ1) is 16.9. The Morgan fingerprint density at radius 3 is 2.19 bits per heavy atom. The van der Waals surface area contributed by atoms with Gasteiger partial charge in [-0.1, -0.05) is 32.0 Å². The molecule has 0 radical (unpaired) electrons. The van der Waals surface area contributed by atoms with E-state index in [2.05, 4.69) is 20.9 Å². The number of aliphatic hydroxyl groups is 2. The Kier molecular flexibility index (Phi) is 10.4. The van der Waals surface area contributed by atoms with Crippen LogP contribution in [0.25, 0.3) is 10.9 Å². The highest BCUT2D eigenvalue weighted by molar-refractivity contribution is 5.94. The summed E-state index contributed by atoms with van der Waals surface area (Å²) in [4.78, 5) is 52.6. The van der Waals surface area contributed by atoms with Crippen LogP contribution in [0.4, 0.5) is 0 Å². The van der Waals surface area contributed by atoms with Crippen LogP contribution in [-0.4, -0.2) is 80.9 Å². The number of nitrogens with one attached hydrogen (secondary N) is 4. The maximum Gasteiger partial charge on any atom is 0.328 e. The highest BCUT2D eigenvalue weighted by Crippen LogP contribution is 2.19. The second-order valence-corrected chi connectivity index (χ2v) is 9.17. The number of fused-ring (bicyclic) bond motifs is 1. The van der Waals surface area contributed by atoms with Crippen LogP contribution in [0.5, 0.6) is 0 Å². The predicted octanol–water partition coefficient (Wildman–Crippen LogP) is -1.00. The van der Waals surface area contributed by atoms with Gasteiger partial charge in [0.15, 0.2) is 0 Å². The molecule has 1 heterocycles. The Balaban J connectivity index is 2.10. The summed E-state index contributed by atoms with van der Waals surface area (Å²) in [5, 5.41) is 36.2. The number of benzene rings is 1. The van der Waals surface area contributed by atoms with E-state index in [0.29, 0.717) is 0 Å². The van der Waals surface area contributed by atoms with Gasteiger partial charge in [0.05, 0.1) is 18.8 Å². The molecule has 5 unspecified atom stereocenters. The minimum absolute atomic E-state index is 0.0181. The molecule has 12 nitrogen and oxygen atoms in total. The van der Waals surface area contributed by atoms with Crippen molar-refractivity contribution in [2.75, 3.05) is 6.61 Å². The molecule has 2 aromatic rings. The van der Waals surface area contributed by atoms with Crippen LogP contribution in [0.3, 0.4) is 0 Å². The number of hydrogen-bond acceptors (Lipinski definition) is 7. The highest BCUT2D eigenvalue weighted by Gasteiger charge is 2.33. The van der Waals surface area contributed by atoms with Gasteiger partial charge in [-0.3, -0.25) is 14.4 Å². The quantitative estimate of drug-likeness (QED) is 0.169. The zero-order valence-corrected chi connectivity index (χ0v) is 20.5. The normalized spacial score (nSPS) is 15.5. The molecule has 0 saturated carbocycles. The second kappa shape index (κ2) is 13.0. The minimum atomic E-state index is -1.61. The fraction of sp³-hybridized carbons (Fsp3) is 0.500. The van der Waals surface area contributed by atoms with Gasteiger partial charge in [-0.15, -0.1) is 0 Å². The fourth-order valence-electron chi connectivity index (χ4n) is 3.72. The van der Waals surface area contributed by atoms with Crippen molar-refractivity contribution in [3.8, 4) is 0 Å². The van der Waals surface area contributed by atoms with Crippen molar-refractivity contribution in [3.05, 3.63) is 36.0 Å². The van der Waals surface area contributed by atoms with E-state index in [1.807, 2.05) is 38.1 Å². The molecular weight excluding hydrogens is 470 g/mol. The summed E-state index contributed by atoms with van der Waals surface area (Å²) >= 11 is 0. The molecule has 0 spiro atoms. The van der Waals surface area contributed by atoms with Gasteiger partial charge in [0.1, 0.15) is 18.1 Å². The molecular formula is C24H35N5O7. The van der Waals surface area contributed by atoms with Gasteiger partial charge in [-0.2, -0.15) is 0 Å². The smallest absolute Gasteiger partial charge is 0.328 e. The third kappa shape index (κ3) is 7.77. The molecule has 2 rings (SSSR count). The van der Waals surface area contributed by atoms with Crippen molar-refractivity contribution in [2.24, 2.45) is 11.7 Å². The second-order valence-electron chi connectivity index (χ2n) is 9.17. The number of carbonyl (C=O) groups excluding carboxylic acids is 3. The fourth-order valence-corrected chi connectivity index (χ4v) is 3.72. The van der Waals surface area contributed by atoms with Gasteiger partial charge >= 0.3 is 5.97 Å². The largest absolute Gasteiger partial charge is 0.480 e. The third-order valence-electron chi connectivity index (χ3n) is 5.65. The summed E-state index contributed by atoms with van der Waals surface area (Å²) in [6.45, 7) is 4.06. The number of aromatic nitrogens is 1. The lowest BCUT2D eigenvalue weighted by molar-refractivity contribution is -0.144. The SMILES string of the molecule is CC(C)CC(NC(=O)C(N)Cc1c[nH]c2ccccc12)C(=O)NC(C(=O)NC(CO)C(=O)O)C(C)O. The summed E-state index contributed by atoms with van der Waals surface area (Å²) in [7, 11) is 0. The van der Waals surface area contributed by atoms with E-state index in [-0.39, 0.29) is 18.8 Å². The number of hydrogen-bond donors (Lipinski definition) is 8. The lowest BCUT2D eigenvalue weighted by Gasteiger charge is -2.27. The predicted molar refractivity (Wildman–Crippen MR) is 132 cm³/mol. The van der Waals surface area contributed by atoms with Gasteiger partial charge < -0.3 is 42.0 Å². The summed E-state index contributed by atoms with van der Waals surface area (Å²) in [5.41, 5.74) is 7.89. The van der Waals surface area contributed by atoms with Crippen LogP contribution >= 0.6 is 0 Å². The van der Waals surface area contributed by atoms with Crippen LogP contribution in [0, 0.1) is 5.92 Å². The molecule has 1 aromatic carbocycles. The number of nitrogens with two attached hydrogens (primary N) is 1. The lowest BCUT2D eigenvalue weighted by Crippen LogP contribution is -2.60. The molecule has 36 heavy (non-hydrogen) atoms. The van der Waals surface area contributed by atoms with Gasteiger partial charge in [0.25, 0.3) is 0 Å². The first-order valence-corrected chi connectivity index (χ1v) is 11.7. The average Bonchev–Trinajstić information content (AvgIpc) is 3.22. The number of carboxylic acid groups (broad SMARTS) is 1. The molecule has 0 bridgehead atoms. The molecule has 0 aliphatic rings. The van der Waals surface area contributed by atoms with Crippen molar-refractivity contribution in [2.45, 2.75) is 63.9 Å². The van der Waals surface area contributed by atoms with Gasteiger partial charge in [-0.05, 0) is 37.3 Å². The van der Waals surface area contributed by atoms with Crippen LogP contribution in [0.2, 0.25) is 0 Å². The first-order valence-electron chi connectivity index (χ1n) is 11.7. The van der Waals surface area contributed by atoms with Crippen molar-refractivity contribution >= 4 is 34.6 Å². The van der Waals surface area contributed by atoms with E-state index in [1.54, 1.807) is 6.20 Å². The van der Waals surface area contributed by atoms with Crippen LogP contribution in [0.1, 0.15) is 32.8 Å². The molecule has 0 aliphatic heterocycles. The number of aliphatic hydroxyl groups excluding tert-OH is 2. The van der Waals surface area contributed by atoms with Crippen molar-refractivity contribution in [3.63, 3.8) is 0 Å². The van der Waals surface area contributed by atoms with Crippen molar-refractivity contribution in [1.29, 1.82) is 0 Å². The third-order valence-corrected chi connectivity index (χ3v) is 5.65. The molecule has 0 aliphatic carbocycles. The first kappa shape index (κ1) is 28.8. The van der Waals surface area contributed by atoms with Crippen molar-refractivity contribution in [1.82, 2.24) is 20.9 Å². The van der Waals surface area contributed by atoms with Gasteiger partial charge in [0.2, 0.25) is 17.7 Å². The van der Waals surface area contributed by atoms with Crippen LogP contribution in [-0.2, 0) is 25.6 Å². The monoisotopic (exact) mass is 505 g/mol. The summed E-state index contributed by atoms with van der Waals surface area (Å²) in [6.07, 6.45) is 0.836. The number of rotatable bonds is 13. The standard InChI is InChI=1S/C24H35N5O7/c1-12(2)8-18(22(33)29-20(13(3)31)23(34)28-19(11-30)24(35)36)27-21(32)16(25)9-14-10-26-17-7-5-4-6-15(14)17/h4-7,10,12-13,16,18-20,26,30-31H,8-9,11,25H2,1-3H3,(H,27,32)(H,28,34)(H,29,33)(H,35,36). The molecule has 0 saturated heterocycles. The molecule has 12 heteroatoms.